The van der Waals surface area contributed by atoms with Gasteiger partial charge in [0.25, 0.3) is 0 Å². The molecule has 0 bridgehead atoms. The normalized spacial score (nSPS) is 10.9. The van der Waals surface area contributed by atoms with Crippen LogP contribution in [-0.4, -0.2) is 11.6 Å². The number of carbonyl (C=O) groups is 2. The predicted octanol–water partition coefficient (Wildman–Crippen LogP) is 12.6. The molecule has 55 heavy (non-hydrogen) atoms. The maximum absolute atomic E-state index is 12.0. The lowest BCUT2D eigenvalue weighted by molar-refractivity contribution is 0.103. The molecule has 0 aliphatic rings. The summed E-state index contributed by atoms with van der Waals surface area (Å²) in [6.45, 7) is 11.5. The first-order chi connectivity index (χ1) is 26.8. The lowest BCUT2D eigenvalue weighted by atomic mass is 9.94. The summed E-state index contributed by atoms with van der Waals surface area (Å²) in [5.41, 5.74) is 15.2. The lowest BCUT2D eigenvalue weighted by Crippen LogP contribution is -2.10. The highest BCUT2D eigenvalue weighted by molar-refractivity contribution is 6.04. The monoisotopic (exact) mass is 721 g/mol. The van der Waals surface area contributed by atoms with Crippen molar-refractivity contribution in [3.63, 3.8) is 0 Å². The molecule has 0 spiro atoms. The SMILES string of the molecule is C=CC(=O)c1ccc(CCCc2cc(CCCc3ccc(C(=O)C=C)cc3)cc(CCc3ccc(N(c4ccc(C)cc4)c4ccc(C)cc4)cc3)c2)cc1. The zero-order valence-corrected chi connectivity index (χ0v) is 32.3. The van der Waals surface area contributed by atoms with Gasteiger partial charge in [0.2, 0.25) is 0 Å². The quantitative estimate of drug-likeness (QED) is 0.0655. The zero-order chi connectivity index (χ0) is 38.6. The molecule has 6 aromatic rings. The molecule has 0 radical (unpaired) electrons. The summed E-state index contributed by atoms with van der Waals surface area (Å²) in [4.78, 5) is 26.3. The molecule has 0 aromatic heterocycles. The topological polar surface area (TPSA) is 37.4 Å². The number of hydrogen-bond donors (Lipinski definition) is 0. The van der Waals surface area contributed by atoms with E-state index < -0.39 is 0 Å². The van der Waals surface area contributed by atoms with Gasteiger partial charge in [0, 0.05) is 28.2 Å². The molecule has 3 nitrogen and oxygen atoms in total. The van der Waals surface area contributed by atoms with Crippen LogP contribution < -0.4 is 4.90 Å². The first kappa shape index (κ1) is 38.7. The second kappa shape index (κ2) is 18.8. The molecular weight excluding hydrogens is 671 g/mol. The number of aryl methyl sites for hydroxylation is 8. The Morgan fingerprint density at radius 1 is 0.418 bits per heavy atom. The Bertz CT molecular complexity index is 2080. The van der Waals surface area contributed by atoms with Crippen LogP contribution in [0.25, 0.3) is 0 Å². The Kier molecular flexibility index (Phi) is 13.2. The number of carbonyl (C=O) groups excluding carboxylic acids is 2. The van der Waals surface area contributed by atoms with Crippen LogP contribution in [0.1, 0.15) is 78.1 Å². The first-order valence-corrected chi connectivity index (χ1v) is 19.4. The largest absolute Gasteiger partial charge is 0.311 e. The van der Waals surface area contributed by atoms with Crippen molar-refractivity contribution in [3.05, 3.63) is 220 Å². The Morgan fingerprint density at radius 3 is 1.09 bits per heavy atom. The third kappa shape index (κ3) is 10.8. The number of rotatable bonds is 18. The van der Waals surface area contributed by atoms with Crippen molar-refractivity contribution in [3.8, 4) is 0 Å². The van der Waals surface area contributed by atoms with Gasteiger partial charge in [-0.05, 0) is 147 Å². The number of anilines is 3. The fourth-order valence-corrected chi connectivity index (χ4v) is 7.11. The van der Waals surface area contributed by atoms with Crippen molar-refractivity contribution in [2.45, 2.75) is 65.2 Å². The highest BCUT2D eigenvalue weighted by Gasteiger charge is 2.13. The standard InChI is InChI=1S/C52H51NO2/c1-5-51(54)46-25-19-40(20-26-46)9-7-11-43-35-44(12-8-10-41-21-27-47(28-22-41)52(55)6-2)37-45(36-43)18-17-42-23-33-50(34-24-42)53(48-29-13-38(3)14-30-48)49-31-15-39(4)16-32-49/h5-6,13-16,19-37H,1-2,7-12,17-18H2,3-4H3. The molecule has 0 amide bonds. The number of ketones is 2. The summed E-state index contributed by atoms with van der Waals surface area (Å²) < 4.78 is 0. The van der Waals surface area contributed by atoms with Gasteiger partial charge in [0.05, 0.1) is 0 Å². The number of hydrogen-bond acceptors (Lipinski definition) is 3. The molecular formula is C52H51NO2. The van der Waals surface area contributed by atoms with Crippen LogP contribution in [0.15, 0.2) is 165 Å². The van der Waals surface area contributed by atoms with E-state index in [1.807, 2.05) is 24.3 Å². The van der Waals surface area contributed by atoms with Gasteiger partial charge < -0.3 is 4.90 Å². The molecule has 0 saturated carbocycles. The van der Waals surface area contributed by atoms with E-state index in [1.54, 1.807) is 0 Å². The van der Waals surface area contributed by atoms with E-state index >= 15 is 0 Å². The fraction of sp³-hybridized carbons (Fsp3) is 0.192. The van der Waals surface area contributed by atoms with E-state index in [-0.39, 0.29) is 11.6 Å². The second-order valence-corrected chi connectivity index (χ2v) is 14.6. The van der Waals surface area contributed by atoms with Gasteiger partial charge in [-0.2, -0.15) is 0 Å². The maximum Gasteiger partial charge on any atom is 0.185 e. The highest BCUT2D eigenvalue weighted by Crippen LogP contribution is 2.35. The van der Waals surface area contributed by atoms with Crippen LogP contribution in [0, 0.1) is 13.8 Å². The van der Waals surface area contributed by atoms with Crippen molar-refractivity contribution in [2.24, 2.45) is 0 Å². The summed E-state index contributed by atoms with van der Waals surface area (Å²) in [5.74, 6) is -0.0868. The van der Waals surface area contributed by atoms with E-state index in [0.717, 1.165) is 68.4 Å². The summed E-state index contributed by atoms with van der Waals surface area (Å²) >= 11 is 0. The average molecular weight is 722 g/mol. The average Bonchev–Trinajstić information content (AvgIpc) is 3.22. The zero-order valence-electron chi connectivity index (χ0n) is 32.3. The van der Waals surface area contributed by atoms with Crippen molar-refractivity contribution >= 4 is 28.6 Å². The summed E-state index contributed by atoms with van der Waals surface area (Å²) in [6, 6.07) is 49.5. The number of nitrogens with zero attached hydrogens (tertiary/aromatic N) is 1. The molecule has 6 aromatic carbocycles. The number of allylic oxidation sites excluding steroid dienone is 2. The molecule has 0 saturated heterocycles. The Labute approximate surface area is 327 Å². The third-order valence-electron chi connectivity index (χ3n) is 10.3. The maximum atomic E-state index is 12.0. The summed E-state index contributed by atoms with van der Waals surface area (Å²) in [6.07, 6.45) is 10.6. The Balaban J connectivity index is 1.15. The van der Waals surface area contributed by atoms with Gasteiger partial charge in [0.15, 0.2) is 11.6 Å². The molecule has 6 rings (SSSR count). The minimum atomic E-state index is -0.0434. The molecule has 0 unspecified atom stereocenters. The van der Waals surface area contributed by atoms with Gasteiger partial charge in [-0.15, -0.1) is 0 Å². The highest BCUT2D eigenvalue weighted by atomic mass is 16.1. The molecule has 0 atom stereocenters. The van der Waals surface area contributed by atoms with E-state index in [9.17, 15) is 9.59 Å². The van der Waals surface area contributed by atoms with Crippen molar-refractivity contribution in [1.82, 2.24) is 0 Å². The van der Waals surface area contributed by atoms with Gasteiger partial charge in [-0.25, -0.2) is 0 Å². The minimum absolute atomic E-state index is 0.0434. The van der Waals surface area contributed by atoms with Crippen LogP contribution in [0.5, 0.6) is 0 Å². The fourth-order valence-electron chi connectivity index (χ4n) is 7.11. The first-order valence-electron chi connectivity index (χ1n) is 19.4. The summed E-state index contributed by atoms with van der Waals surface area (Å²) in [5, 5.41) is 0. The van der Waals surface area contributed by atoms with E-state index in [0.29, 0.717) is 11.1 Å². The number of benzene rings is 6. The Hall–Kier alpha value is -6.06. The lowest BCUT2D eigenvalue weighted by Gasteiger charge is -2.26. The van der Waals surface area contributed by atoms with Gasteiger partial charge in [0.1, 0.15) is 0 Å². The van der Waals surface area contributed by atoms with Crippen molar-refractivity contribution in [1.29, 1.82) is 0 Å². The van der Waals surface area contributed by atoms with E-state index in [1.165, 1.54) is 56.7 Å². The van der Waals surface area contributed by atoms with Crippen LogP contribution in [0.2, 0.25) is 0 Å². The third-order valence-corrected chi connectivity index (χ3v) is 10.3. The molecule has 0 aliphatic carbocycles. The van der Waals surface area contributed by atoms with Crippen LogP contribution in [0.3, 0.4) is 0 Å². The van der Waals surface area contributed by atoms with Gasteiger partial charge in [-0.3, -0.25) is 9.59 Å². The molecule has 0 heterocycles. The summed E-state index contributed by atoms with van der Waals surface area (Å²) in [7, 11) is 0. The Morgan fingerprint density at radius 2 is 0.709 bits per heavy atom. The molecule has 0 aliphatic heterocycles. The second-order valence-electron chi connectivity index (χ2n) is 14.6. The molecule has 276 valence electrons. The van der Waals surface area contributed by atoms with Crippen LogP contribution in [-0.2, 0) is 38.5 Å². The predicted molar refractivity (Wildman–Crippen MR) is 230 cm³/mol. The minimum Gasteiger partial charge on any atom is -0.311 e. The molecule has 3 heteroatoms. The van der Waals surface area contributed by atoms with Crippen LogP contribution >= 0.6 is 0 Å². The van der Waals surface area contributed by atoms with Crippen molar-refractivity contribution in [2.75, 3.05) is 4.90 Å². The molecule has 0 fully saturated rings. The van der Waals surface area contributed by atoms with Gasteiger partial charge >= 0.3 is 0 Å². The van der Waals surface area contributed by atoms with E-state index in [2.05, 4.69) is 147 Å². The van der Waals surface area contributed by atoms with Crippen molar-refractivity contribution < 1.29 is 9.59 Å². The van der Waals surface area contributed by atoms with Crippen LogP contribution in [0.4, 0.5) is 17.1 Å². The smallest absolute Gasteiger partial charge is 0.185 e. The van der Waals surface area contributed by atoms with Gasteiger partial charge in [-0.1, -0.05) is 127 Å². The molecule has 0 N–H and O–H groups in total. The van der Waals surface area contributed by atoms with E-state index in [4.69, 9.17) is 0 Å².